The van der Waals surface area contributed by atoms with Crippen molar-refractivity contribution >= 4 is 0 Å². The van der Waals surface area contributed by atoms with Crippen LogP contribution in [0, 0.1) is 5.92 Å². The predicted octanol–water partition coefficient (Wildman–Crippen LogP) is 2.47. The van der Waals surface area contributed by atoms with Gasteiger partial charge in [0, 0.05) is 12.1 Å². The Morgan fingerprint density at radius 1 is 1.40 bits per heavy atom. The topological polar surface area (TPSA) is 35.2 Å². The molecule has 1 rings (SSSR count). The summed E-state index contributed by atoms with van der Waals surface area (Å²) in [5.74, 6) is 0.373. The lowest BCUT2D eigenvalue weighted by molar-refractivity contribution is 0.105. The van der Waals surface area contributed by atoms with Gasteiger partial charge in [-0.05, 0) is 12.0 Å². The molecule has 0 aliphatic carbocycles. The average Bonchev–Trinajstić information content (AvgIpc) is 2.27. The monoisotopic (exact) mass is 211 g/mol. The first-order valence-corrected chi connectivity index (χ1v) is 5.08. The lowest BCUT2D eigenvalue weighted by atomic mass is 9.84. The molecule has 1 aromatic carbocycles. The first-order valence-electron chi connectivity index (χ1n) is 5.08. The summed E-state index contributed by atoms with van der Waals surface area (Å²) in [6.45, 7) is 3.60. The highest BCUT2D eigenvalue weighted by Gasteiger charge is 2.36. The third-order valence-corrected chi connectivity index (χ3v) is 2.77. The van der Waals surface area contributed by atoms with E-state index in [1.807, 2.05) is 19.9 Å². The van der Waals surface area contributed by atoms with E-state index in [0.29, 0.717) is 11.3 Å². The summed E-state index contributed by atoms with van der Waals surface area (Å²) in [7, 11) is 1.54. The van der Waals surface area contributed by atoms with E-state index in [4.69, 9.17) is 10.5 Å². The Morgan fingerprint density at radius 2 is 2.00 bits per heavy atom. The Kier molecular flexibility index (Phi) is 3.69. The molecule has 0 radical (unpaired) electrons. The van der Waals surface area contributed by atoms with Gasteiger partial charge in [0.25, 0.3) is 0 Å². The number of rotatable bonds is 4. The molecule has 0 aliphatic rings. The number of hydrogen-bond donors (Lipinski definition) is 1. The van der Waals surface area contributed by atoms with Gasteiger partial charge >= 0.3 is 0 Å². The van der Waals surface area contributed by atoms with Gasteiger partial charge in [-0.25, -0.2) is 4.39 Å². The van der Waals surface area contributed by atoms with E-state index < -0.39 is 5.67 Å². The van der Waals surface area contributed by atoms with Gasteiger partial charge in [0.15, 0.2) is 5.67 Å². The lowest BCUT2D eigenvalue weighted by Gasteiger charge is -2.29. The van der Waals surface area contributed by atoms with Crippen molar-refractivity contribution in [1.29, 1.82) is 0 Å². The highest BCUT2D eigenvalue weighted by atomic mass is 19.1. The van der Waals surface area contributed by atoms with E-state index in [2.05, 4.69) is 0 Å². The van der Waals surface area contributed by atoms with Crippen LogP contribution in [0.4, 0.5) is 4.39 Å². The Morgan fingerprint density at radius 3 is 2.47 bits per heavy atom. The molecule has 0 bridgehead atoms. The van der Waals surface area contributed by atoms with E-state index in [1.54, 1.807) is 18.2 Å². The standard InChI is InChI=1S/C12H18FNO/c1-9(2)12(13,8-14)10-6-4-5-7-11(10)15-3/h4-7,9H,8,14H2,1-3H3. The predicted molar refractivity (Wildman–Crippen MR) is 59.7 cm³/mol. The first-order chi connectivity index (χ1) is 7.06. The normalized spacial score (nSPS) is 15.1. The Labute approximate surface area is 90.2 Å². The number of para-hydroxylation sites is 1. The van der Waals surface area contributed by atoms with Gasteiger partial charge in [-0.15, -0.1) is 0 Å². The highest BCUT2D eigenvalue weighted by Crippen LogP contribution is 2.38. The van der Waals surface area contributed by atoms with Crippen LogP contribution in [0.3, 0.4) is 0 Å². The second-order valence-electron chi connectivity index (χ2n) is 3.92. The fourth-order valence-corrected chi connectivity index (χ4v) is 1.64. The van der Waals surface area contributed by atoms with Crippen LogP contribution in [-0.4, -0.2) is 13.7 Å². The number of methoxy groups -OCH3 is 1. The maximum Gasteiger partial charge on any atom is 0.153 e. The van der Waals surface area contributed by atoms with Gasteiger partial charge < -0.3 is 10.5 Å². The summed E-state index contributed by atoms with van der Waals surface area (Å²) in [5.41, 5.74) is 4.54. The number of nitrogens with two attached hydrogens (primary N) is 1. The number of ether oxygens (including phenoxy) is 1. The number of alkyl halides is 1. The van der Waals surface area contributed by atoms with Gasteiger partial charge in [-0.3, -0.25) is 0 Å². The van der Waals surface area contributed by atoms with Crippen LogP contribution in [0.1, 0.15) is 19.4 Å². The van der Waals surface area contributed by atoms with Crippen LogP contribution in [0.25, 0.3) is 0 Å². The molecular formula is C12H18FNO. The third-order valence-electron chi connectivity index (χ3n) is 2.77. The Hall–Kier alpha value is -1.09. The second kappa shape index (κ2) is 4.62. The molecule has 0 saturated carbocycles. The largest absolute Gasteiger partial charge is 0.496 e. The molecule has 0 spiro atoms. The van der Waals surface area contributed by atoms with Crippen LogP contribution in [0.5, 0.6) is 5.75 Å². The van der Waals surface area contributed by atoms with Gasteiger partial charge in [0.1, 0.15) is 5.75 Å². The molecule has 84 valence electrons. The van der Waals surface area contributed by atoms with Crippen LogP contribution < -0.4 is 10.5 Å². The minimum absolute atomic E-state index is 0.0367. The van der Waals surface area contributed by atoms with Crippen molar-refractivity contribution in [2.24, 2.45) is 11.7 Å². The van der Waals surface area contributed by atoms with Crippen molar-refractivity contribution in [2.45, 2.75) is 19.5 Å². The molecule has 0 fully saturated rings. The van der Waals surface area contributed by atoms with Gasteiger partial charge in [0.2, 0.25) is 0 Å². The summed E-state index contributed by atoms with van der Waals surface area (Å²) in [4.78, 5) is 0. The van der Waals surface area contributed by atoms with Crippen LogP contribution in [0.2, 0.25) is 0 Å². The lowest BCUT2D eigenvalue weighted by Crippen LogP contribution is -2.36. The smallest absolute Gasteiger partial charge is 0.153 e. The number of halogens is 1. The quantitative estimate of drug-likeness (QED) is 0.830. The zero-order valence-corrected chi connectivity index (χ0v) is 9.46. The van der Waals surface area contributed by atoms with Crippen molar-refractivity contribution in [3.05, 3.63) is 29.8 Å². The minimum atomic E-state index is -1.52. The summed E-state index contributed by atoms with van der Waals surface area (Å²) >= 11 is 0. The molecule has 0 aliphatic heterocycles. The van der Waals surface area contributed by atoms with E-state index in [0.717, 1.165) is 0 Å². The molecule has 1 unspecified atom stereocenters. The maximum absolute atomic E-state index is 14.6. The van der Waals surface area contributed by atoms with E-state index >= 15 is 0 Å². The zero-order chi connectivity index (χ0) is 11.5. The molecule has 2 N–H and O–H groups in total. The molecule has 1 atom stereocenters. The molecule has 15 heavy (non-hydrogen) atoms. The molecule has 0 heterocycles. The minimum Gasteiger partial charge on any atom is -0.496 e. The van der Waals surface area contributed by atoms with Gasteiger partial charge in [-0.1, -0.05) is 32.0 Å². The Bertz CT molecular complexity index is 327. The number of benzene rings is 1. The first kappa shape index (κ1) is 12.0. The van der Waals surface area contributed by atoms with Crippen molar-refractivity contribution < 1.29 is 9.13 Å². The molecular weight excluding hydrogens is 193 g/mol. The van der Waals surface area contributed by atoms with Gasteiger partial charge in [-0.2, -0.15) is 0 Å². The van der Waals surface area contributed by atoms with Crippen molar-refractivity contribution in [3.63, 3.8) is 0 Å². The Balaban J connectivity index is 3.23. The molecule has 2 nitrogen and oxygen atoms in total. The number of hydrogen-bond acceptors (Lipinski definition) is 2. The fourth-order valence-electron chi connectivity index (χ4n) is 1.64. The molecule has 3 heteroatoms. The van der Waals surface area contributed by atoms with E-state index in [9.17, 15) is 4.39 Å². The van der Waals surface area contributed by atoms with E-state index in [-0.39, 0.29) is 12.5 Å². The SMILES string of the molecule is COc1ccccc1C(F)(CN)C(C)C. The fraction of sp³-hybridized carbons (Fsp3) is 0.500. The highest BCUT2D eigenvalue weighted by molar-refractivity contribution is 5.38. The van der Waals surface area contributed by atoms with Crippen molar-refractivity contribution in [2.75, 3.05) is 13.7 Å². The maximum atomic E-state index is 14.6. The molecule has 0 aromatic heterocycles. The summed E-state index contributed by atoms with van der Waals surface area (Å²) in [6, 6.07) is 7.09. The van der Waals surface area contributed by atoms with E-state index in [1.165, 1.54) is 7.11 Å². The summed E-state index contributed by atoms with van der Waals surface area (Å²) in [6.07, 6.45) is 0. The van der Waals surface area contributed by atoms with Crippen molar-refractivity contribution in [3.8, 4) is 5.75 Å². The zero-order valence-electron chi connectivity index (χ0n) is 9.46. The average molecular weight is 211 g/mol. The molecule has 0 amide bonds. The second-order valence-corrected chi connectivity index (χ2v) is 3.92. The summed E-state index contributed by atoms with van der Waals surface area (Å²) < 4.78 is 19.8. The van der Waals surface area contributed by atoms with Gasteiger partial charge in [0.05, 0.1) is 7.11 Å². The molecule has 1 aromatic rings. The van der Waals surface area contributed by atoms with Crippen LogP contribution in [0.15, 0.2) is 24.3 Å². The van der Waals surface area contributed by atoms with Crippen LogP contribution in [-0.2, 0) is 5.67 Å². The third kappa shape index (κ3) is 2.12. The van der Waals surface area contributed by atoms with Crippen LogP contribution >= 0.6 is 0 Å². The molecule has 0 saturated heterocycles. The summed E-state index contributed by atoms with van der Waals surface area (Å²) in [5, 5.41) is 0. The van der Waals surface area contributed by atoms with Crippen molar-refractivity contribution in [1.82, 2.24) is 0 Å².